The van der Waals surface area contributed by atoms with Gasteiger partial charge in [0, 0.05) is 0 Å². The van der Waals surface area contributed by atoms with Crippen LogP contribution < -0.4 is 0 Å². The van der Waals surface area contributed by atoms with Crippen molar-refractivity contribution in [2.75, 3.05) is 0 Å². The third kappa shape index (κ3) is 2.94. The molecule has 1 saturated carbocycles. The lowest BCUT2D eigenvalue weighted by molar-refractivity contribution is -0.151. The SMILES string of the molecule is CCCC1CCC(Cc2ccsc2)(C(=O)O)CC1. The Hall–Kier alpha value is -0.830. The van der Waals surface area contributed by atoms with Crippen LogP contribution in [0.4, 0.5) is 0 Å². The number of aliphatic carboxylic acids is 1. The fraction of sp³-hybridized carbons (Fsp3) is 0.667. The summed E-state index contributed by atoms with van der Waals surface area (Å²) in [5.74, 6) is 0.161. The molecule has 2 rings (SSSR count). The molecular formula is C15H22O2S. The minimum Gasteiger partial charge on any atom is -0.481 e. The van der Waals surface area contributed by atoms with Crippen LogP contribution in [0.1, 0.15) is 51.0 Å². The number of hydrogen-bond acceptors (Lipinski definition) is 2. The molecule has 18 heavy (non-hydrogen) atoms. The molecule has 1 aliphatic carbocycles. The van der Waals surface area contributed by atoms with E-state index in [2.05, 4.69) is 18.4 Å². The molecule has 2 nitrogen and oxygen atoms in total. The molecule has 1 N–H and O–H groups in total. The summed E-state index contributed by atoms with van der Waals surface area (Å²) < 4.78 is 0. The van der Waals surface area contributed by atoms with E-state index in [0.717, 1.165) is 31.6 Å². The average molecular weight is 266 g/mol. The van der Waals surface area contributed by atoms with Crippen molar-refractivity contribution in [3.8, 4) is 0 Å². The van der Waals surface area contributed by atoms with Crippen molar-refractivity contribution in [1.82, 2.24) is 0 Å². The van der Waals surface area contributed by atoms with E-state index in [0.29, 0.717) is 6.42 Å². The second kappa shape index (κ2) is 5.87. The van der Waals surface area contributed by atoms with Gasteiger partial charge in [-0.2, -0.15) is 11.3 Å². The van der Waals surface area contributed by atoms with E-state index in [1.807, 2.05) is 5.38 Å². The van der Waals surface area contributed by atoms with Gasteiger partial charge < -0.3 is 5.11 Å². The summed E-state index contributed by atoms with van der Waals surface area (Å²) in [6.45, 7) is 2.21. The van der Waals surface area contributed by atoms with E-state index in [1.54, 1.807) is 11.3 Å². The van der Waals surface area contributed by atoms with Gasteiger partial charge in [0.15, 0.2) is 0 Å². The van der Waals surface area contributed by atoms with Crippen LogP contribution in [0.2, 0.25) is 0 Å². The lowest BCUT2D eigenvalue weighted by atomic mass is 9.67. The van der Waals surface area contributed by atoms with Gasteiger partial charge in [-0.3, -0.25) is 4.79 Å². The van der Waals surface area contributed by atoms with Crippen molar-refractivity contribution < 1.29 is 9.90 Å². The zero-order valence-electron chi connectivity index (χ0n) is 11.0. The zero-order chi connectivity index (χ0) is 13.0. The van der Waals surface area contributed by atoms with E-state index in [4.69, 9.17) is 0 Å². The highest BCUT2D eigenvalue weighted by molar-refractivity contribution is 7.07. The molecule has 0 spiro atoms. The van der Waals surface area contributed by atoms with Gasteiger partial charge in [0.1, 0.15) is 0 Å². The summed E-state index contributed by atoms with van der Waals surface area (Å²) in [6.07, 6.45) is 7.06. The number of thiophene rings is 1. The maximum absolute atomic E-state index is 11.7. The molecule has 0 amide bonds. The van der Waals surface area contributed by atoms with Gasteiger partial charge in [0.05, 0.1) is 5.41 Å². The predicted molar refractivity (Wildman–Crippen MR) is 75.0 cm³/mol. The molecule has 3 heteroatoms. The lowest BCUT2D eigenvalue weighted by Gasteiger charge is -2.36. The van der Waals surface area contributed by atoms with Crippen molar-refractivity contribution in [3.05, 3.63) is 22.4 Å². The van der Waals surface area contributed by atoms with Gasteiger partial charge in [0.25, 0.3) is 0 Å². The van der Waals surface area contributed by atoms with Crippen LogP contribution >= 0.6 is 11.3 Å². The minimum atomic E-state index is -0.594. The van der Waals surface area contributed by atoms with Gasteiger partial charge in [-0.15, -0.1) is 0 Å². The summed E-state index contributed by atoms with van der Waals surface area (Å²) in [7, 11) is 0. The lowest BCUT2D eigenvalue weighted by Crippen LogP contribution is -2.37. The minimum absolute atomic E-state index is 0.495. The summed E-state index contributed by atoms with van der Waals surface area (Å²) in [5, 5.41) is 13.7. The highest BCUT2D eigenvalue weighted by Crippen LogP contribution is 2.43. The van der Waals surface area contributed by atoms with Crippen LogP contribution in [-0.2, 0) is 11.2 Å². The highest BCUT2D eigenvalue weighted by Gasteiger charge is 2.41. The van der Waals surface area contributed by atoms with Crippen LogP contribution in [0, 0.1) is 11.3 Å². The summed E-state index contributed by atoms with van der Waals surface area (Å²) >= 11 is 1.65. The van der Waals surface area contributed by atoms with Crippen molar-refractivity contribution in [1.29, 1.82) is 0 Å². The smallest absolute Gasteiger partial charge is 0.309 e. The van der Waals surface area contributed by atoms with E-state index in [1.165, 1.54) is 18.4 Å². The summed E-state index contributed by atoms with van der Waals surface area (Å²) in [6, 6.07) is 2.06. The Morgan fingerprint density at radius 3 is 2.72 bits per heavy atom. The molecule has 0 bridgehead atoms. The molecule has 1 fully saturated rings. The number of carboxylic acid groups (broad SMARTS) is 1. The van der Waals surface area contributed by atoms with Gasteiger partial charge in [-0.25, -0.2) is 0 Å². The largest absolute Gasteiger partial charge is 0.481 e. The number of hydrogen-bond donors (Lipinski definition) is 1. The topological polar surface area (TPSA) is 37.3 Å². The average Bonchev–Trinajstić information content (AvgIpc) is 2.84. The van der Waals surface area contributed by atoms with Crippen molar-refractivity contribution in [2.45, 2.75) is 51.9 Å². The maximum Gasteiger partial charge on any atom is 0.309 e. The highest BCUT2D eigenvalue weighted by atomic mass is 32.1. The Labute approximate surface area is 113 Å². The van der Waals surface area contributed by atoms with Gasteiger partial charge >= 0.3 is 5.97 Å². The van der Waals surface area contributed by atoms with Crippen LogP contribution in [0.5, 0.6) is 0 Å². The van der Waals surface area contributed by atoms with Crippen LogP contribution in [0.3, 0.4) is 0 Å². The van der Waals surface area contributed by atoms with Crippen molar-refractivity contribution in [3.63, 3.8) is 0 Å². The maximum atomic E-state index is 11.7. The monoisotopic (exact) mass is 266 g/mol. The Kier molecular flexibility index (Phi) is 4.44. The molecule has 0 atom stereocenters. The van der Waals surface area contributed by atoms with E-state index in [-0.39, 0.29) is 0 Å². The molecule has 0 aliphatic heterocycles. The number of rotatable bonds is 5. The number of carboxylic acids is 1. The zero-order valence-corrected chi connectivity index (χ0v) is 11.8. The molecule has 1 heterocycles. The molecule has 1 aromatic rings. The molecule has 0 aromatic carbocycles. The fourth-order valence-electron chi connectivity index (χ4n) is 3.18. The first-order valence-electron chi connectivity index (χ1n) is 6.91. The molecule has 0 unspecified atom stereocenters. The van der Waals surface area contributed by atoms with Gasteiger partial charge in [0.2, 0.25) is 0 Å². The Bertz CT molecular complexity index is 375. The van der Waals surface area contributed by atoms with Gasteiger partial charge in [-0.1, -0.05) is 19.8 Å². The van der Waals surface area contributed by atoms with Crippen molar-refractivity contribution in [2.24, 2.45) is 11.3 Å². The van der Waals surface area contributed by atoms with Crippen LogP contribution in [0.25, 0.3) is 0 Å². The van der Waals surface area contributed by atoms with Crippen LogP contribution in [-0.4, -0.2) is 11.1 Å². The van der Waals surface area contributed by atoms with E-state index >= 15 is 0 Å². The van der Waals surface area contributed by atoms with Crippen molar-refractivity contribution >= 4 is 17.3 Å². The normalized spacial score (nSPS) is 28.2. The predicted octanol–water partition coefficient (Wildman–Crippen LogP) is 4.35. The number of carbonyl (C=O) groups is 1. The van der Waals surface area contributed by atoms with Crippen LogP contribution in [0.15, 0.2) is 16.8 Å². The Balaban J connectivity index is 2.03. The van der Waals surface area contributed by atoms with E-state index in [9.17, 15) is 9.90 Å². The summed E-state index contributed by atoms with van der Waals surface area (Å²) in [5.41, 5.74) is 0.696. The standard InChI is InChI=1S/C15H22O2S/c1-2-3-12-4-7-15(8-5-12,14(16)17)10-13-6-9-18-11-13/h6,9,11-12H,2-5,7-8,10H2,1H3,(H,16,17). The second-order valence-electron chi connectivity index (χ2n) is 5.63. The third-order valence-electron chi connectivity index (χ3n) is 4.34. The molecule has 100 valence electrons. The summed E-state index contributed by atoms with van der Waals surface area (Å²) in [4.78, 5) is 11.7. The van der Waals surface area contributed by atoms with E-state index < -0.39 is 11.4 Å². The Morgan fingerprint density at radius 1 is 1.50 bits per heavy atom. The molecule has 1 aliphatic rings. The quantitative estimate of drug-likeness (QED) is 0.860. The molecular weight excluding hydrogens is 244 g/mol. The Morgan fingerprint density at radius 2 is 2.22 bits per heavy atom. The first-order chi connectivity index (χ1) is 8.66. The molecule has 0 saturated heterocycles. The fourth-order valence-corrected chi connectivity index (χ4v) is 3.85. The molecule has 1 aromatic heterocycles. The third-order valence-corrected chi connectivity index (χ3v) is 5.07. The first-order valence-corrected chi connectivity index (χ1v) is 7.85. The second-order valence-corrected chi connectivity index (χ2v) is 6.41. The van der Waals surface area contributed by atoms with Gasteiger partial charge in [-0.05, 0) is 60.4 Å². The first kappa shape index (κ1) is 13.6. The molecule has 0 radical (unpaired) electrons.